The van der Waals surface area contributed by atoms with Crippen molar-refractivity contribution < 1.29 is 19.8 Å². The summed E-state index contributed by atoms with van der Waals surface area (Å²) in [5.74, 6) is -0.581. The highest BCUT2D eigenvalue weighted by atomic mass is 16.4. The van der Waals surface area contributed by atoms with Crippen molar-refractivity contribution in [2.75, 3.05) is 6.61 Å². The van der Waals surface area contributed by atoms with Gasteiger partial charge in [0.1, 0.15) is 5.78 Å². The largest absolute Gasteiger partial charge is 0.481 e. The van der Waals surface area contributed by atoms with Gasteiger partial charge in [0.2, 0.25) is 0 Å². The monoisotopic (exact) mass is 308 g/mol. The van der Waals surface area contributed by atoms with Crippen molar-refractivity contribution in [3.05, 3.63) is 11.6 Å². The SMILES string of the molecule is CC1=C[C@H]2C[C@@H](C)C[C@@H](C)[C@@H]2[C@@](C)(C(=O)CCO)[C@H]1C(=O)O. The Morgan fingerprint density at radius 3 is 2.50 bits per heavy atom. The molecule has 1 fully saturated rings. The maximum atomic E-state index is 12.8. The standard InChI is InChI=1S/C18H28O4/c1-10-7-11(2)15-13(8-10)9-12(3)16(17(21)22)18(15,4)14(20)5-6-19/h9-11,13,15-16,19H,5-8H2,1-4H3,(H,21,22)/t10-,11+,13+,15-,16+,18+/m0/s1. The Bertz CT molecular complexity index is 495. The van der Waals surface area contributed by atoms with Crippen molar-refractivity contribution in [2.45, 2.75) is 47.0 Å². The molecule has 0 unspecified atom stereocenters. The van der Waals surface area contributed by atoms with Crippen LogP contribution in [-0.2, 0) is 9.59 Å². The molecule has 0 radical (unpaired) electrons. The Hall–Kier alpha value is -1.16. The van der Waals surface area contributed by atoms with Crippen molar-refractivity contribution in [3.63, 3.8) is 0 Å². The van der Waals surface area contributed by atoms with Gasteiger partial charge >= 0.3 is 5.97 Å². The summed E-state index contributed by atoms with van der Waals surface area (Å²) < 4.78 is 0. The molecule has 0 aliphatic heterocycles. The summed E-state index contributed by atoms with van der Waals surface area (Å²) in [4.78, 5) is 24.7. The van der Waals surface area contributed by atoms with E-state index in [0.717, 1.165) is 18.4 Å². The molecule has 0 heterocycles. The summed E-state index contributed by atoms with van der Waals surface area (Å²) in [5.41, 5.74) is -0.124. The van der Waals surface area contributed by atoms with E-state index in [1.807, 2.05) is 13.8 Å². The molecule has 2 aliphatic carbocycles. The topological polar surface area (TPSA) is 74.6 Å². The molecule has 0 aromatic heterocycles. The van der Waals surface area contributed by atoms with Gasteiger partial charge in [0.05, 0.1) is 5.92 Å². The normalized spacial score (nSPS) is 41.5. The summed E-state index contributed by atoms with van der Waals surface area (Å²) in [6, 6.07) is 0. The first kappa shape index (κ1) is 17.2. The third-order valence-electron chi connectivity index (χ3n) is 5.93. The van der Waals surface area contributed by atoms with Crippen LogP contribution in [0.4, 0.5) is 0 Å². The van der Waals surface area contributed by atoms with Crippen LogP contribution in [0.15, 0.2) is 11.6 Å². The van der Waals surface area contributed by atoms with Gasteiger partial charge in [-0.3, -0.25) is 9.59 Å². The van der Waals surface area contributed by atoms with E-state index in [9.17, 15) is 19.8 Å². The van der Waals surface area contributed by atoms with E-state index < -0.39 is 17.3 Å². The molecule has 2 N–H and O–H groups in total. The van der Waals surface area contributed by atoms with Gasteiger partial charge in [-0.1, -0.05) is 32.4 Å². The Kier molecular flexibility index (Phi) is 4.81. The number of carbonyl (C=O) groups is 2. The Morgan fingerprint density at radius 1 is 1.32 bits per heavy atom. The molecule has 0 spiro atoms. The third-order valence-corrected chi connectivity index (χ3v) is 5.93. The Labute approximate surface area is 132 Å². The molecular weight excluding hydrogens is 280 g/mol. The van der Waals surface area contributed by atoms with E-state index in [-0.39, 0.29) is 30.6 Å². The molecule has 0 aromatic carbocycles. The highest BCUT2D eigenvalue weighted by molar-refractivity contribution is 5.92. The Morgan fingerprint density at radius 2 is 1.95 bits per heavy atom. The molecule has 4 nitrogen and oxygen atoms in total. The van der Waals surface area contributed by atoms with Crippen molar-refractivity contribution in [2.24, 2.45) is 35.0 Å². The Balaban J connectivity index is 2.55. The van der Waals surface area contributed by atoms with Gasteiger partial charge < -0.3 is 10.2 Å². The van der Waals surface area contributed by atoms with Crippen LogP contribution >= 0.6 is 0 Å². The minimum atomic E-state index is -0.924. The number of carbonyl (C=O) groups excluding carboxylic acids is 1. The summed E-state index contributed by atoms with van der Waals surface area (Å²) in [6.45, 7) is 7.82. The summed E-state index contributed by atoms with van der Waals surface area (Å²) in [5, 5.41) is 18.9. The van der Waals surface area contributed by atoms with E-state index in [1.54, 1.807) is 0 Å². The second-order valence-corrected chi connectivity index (χ2v) is 7.60. The van der Waals surface area contributed by atoms with Crippen molar-refractivity contribution >= 4 is 11.8 Å². The zero-order valence-corrected chi connectivity index (χ0v) is 14.0. The molecule has 0 aromatic rings. The van der Waals surface area contributed by atoms with Gasteiger partial charge in [-0.15, -0.1) is 0 Å². The first-order valence-corrected chi connectivity index (χ1v) is 8.28. The number of rotatable bonds is 4. The molecular formula is C18H28O4. The second-order valence-electron chi connectivity index (χ2n) is 7.60. The molecule has 124 valence electrons. The predicted molar refractivity (Wildman–Crippen MR) is 84.2 cm³/mol. The summed E-state index contributed by atoms with van der Waals surface area (Å²) >= 11 is 0. The molecule has 4 heteroatoms. The molecule has 0 bridgehead atoms. The maximum Gasteiger partial charge on any atom is 0.311 e. The number of carboxylic acid groups (broad SMARTS) is 1. The number of aliphatic carboxylic acids is 1. The first-order chi connectivity index (χ1) is 10.2. The molecule has 2 aliphatic rings. The van der Waals surface area contributed by atoms with Gasteiger partial charge in [-0.2, -0.15) is 0 Å². The number of carboxylic acids is 1. The van der Waals surface area contributed by atoms with Crippen LogP contribution in [0, 0.1) is 35.0 Å². The van der Waals surface area contributed by atoms with Crippen LogP contribution < -0.4 is 0 Å². The maximum absolute atomic E-state index is 12.8. The van der Waals surface area contributed by atoms with Crippen LogP contribution in [0.2, 0.25) is 0 Å². The van der Waals surface area contributed by atoms with E-state index in [1.165, 1.54) is 0 Å². The third kappa shape index (κ3) is 2.62. The second kappa shape index (κ2) is 6.15. The van der Waals surface area contributed by atoms with Gasteiger partial charge in [-0.25, -0.2) is 0 Å². The number of ketones is 1. The minimum Gasteiger partial charge on any atom is -0.481 e. The fourth-order valence-corrected chi connectivity index (χ4v) is 5.39. The first-order valence-electron chi connectivity index (χ1n) is 8.28. The summed E-state index contributed by atoms with van der Waals surface area (Å²) in [6.07, 6.45) is 4.19. The lowest BCUT2D eigenvalue weighted by Crippen LogP contribution is -2.54. The van der Waals surface area contributed by atoms with E-state index in [0.29, 0.717) is 11.8 Å². The van der Waals surface area contributed by atoms with Gasteiger partial charge in [-0.05, 0) is 43.4 Å². The quantitative estimate of drug-likeness (QED) is 0.783. The number of allylic oxidation sites excluding steroid dienone is 1. The highest BCUT2D eigenvalue weighted by Crippen LogP contribution is 2.56. The van der Waals surface area contributed by atoms with Gasteiger partial charge in [0.15, 0.2) is 0 Å². The van der Waals surface area contributed by atoms with Crippen LogP contribution in [-0.4, -0.2) is 28.6 Å². The van der Waals surface area contributed by atoms with Crippen LogP contribution in [0.5, 0.6) is 0 Å². The number of Topliss-reactive ketones (excluding diaryl/α,β-unsaturated/α-hetero) is 1. The molecule has 0 saturated heterocycles. The van der Waals surface area contributed by atoms with Gasteiger partial charge in [0, 0.05) is 18.4 Å². The molecule has 6 atom stereocenters. The molecule has 1 saturated carbocycles. The smallest absolute Gasteiger partial charge is 0.311 e. The number of fused-ring (bicyclic) bond motifs is 1. The average molecular weight is 308 g/mol. The molecule has 2 rings (SSSR count). The highest BCUT2D eigenvalue weighted by Gasteiger charge is 2.57. The van der Waals surface area contributed by atoms with E-state index in [4.69, 9.17) is 0 Å². The fraction of sp³-hybridized carbons (Fsp3) is 0.778. The average Bonchev–Trinajstić information content (AvgIpc) is 2.36. The lowest BCUT2D eigenvalue weighted by Gasteiger charge is -2.53. The van der Waals surface area contributed by atoms with Crippen LogP contribution in [0.1, 0.15) is 47.0 Å². The summed E-state index contributed by atoms with van der Waals surface area (Å²) in [7, 11) is 0. The fourth-order valence-electron chi connectivity index (χ4n) is 5.39. The molecule has 22 heavy (non-hydrogen) atoms. The van der Waals surface area contributed by atoms with Crippen LogP contribution in [0.25, 0.3) is 0 Å². The van der Waals surface area contributed by atoms with E-state index in [2.05, 4.69) is 19.9 Å². The van der Waals surface area contributed by atoms with Crippen molar-refractivity contribution in [3.8, 4) is 0 Å². The van der Waals surface area contributed by atoms with Crippen LogP contribution in [0.3, 0.4) is 0 Å². The van der Waals surface area contributed by atoms with Crippen molar-refractivity contribution in [1.82, 2.24) is 0 Å². The van der Waals surface area contributed by atoms with E-state index >= 15 is 0 Å². The number of aliphatic hydroxyl groups excluding tert-OH is 1. The zero-order chi connectivity index (χ0) is 16.7. The lowest BCUT2D eigenvalue weighted by atomic mass is 9.49. The van der Waals surface area contributed by atoms with Gasteiger partial charge in [0.25, 0.3) is 0 Å². The zero-order valence-electron chi connectivity index (χ0n) is 14.0. The number of hydrogen-bond donors (Lipinski definition) is 2. The minimum absolute atomic E-state index is 0.0407. The number of aliphatic hydroxyl groups is 1. The lowest BCUT2D eigenvalue weighted by molar-refractivity contribution is -0.158. The van der Waals surface area contributed by atoms with Crippen molar-refractivity contribution in [1.29, 1.82) is 0 Å². The number of hydrogen-bond acceptors (Lipinski definition) is 3. The predicted octanol–water partition coefficient (Wildman–Crippen LogP) is 2.90. The molecule has 0 amide bonds.